The van der Waals surface area contributed by atoms with E-state index in [2.05, 4.69) is 16.0 Å². The van der Waals surface area contributed by atoms with Gasteiger partial charge in [-0.15, -0.1) is 11.3 Å². The van der Waals surface area contributed by atoms with E-state index in [1.165, 1.54) is 15.6 Å². The summed E-state index contributed by atoms with van der Waals surface area (Å²) in [5.41, 5.74) is 2.38. The van der Waals surface area contributed by atoms with Gasteiger partial charge < -0.3 is 9.72 Å². The van der Waals surface area contributed by atoms with Gasteiger partial charge in [0.25, 0.3) is 10.0 Å². The molecule has 1 aromatic carbocycles. The zero-order chi connectivity index (χ0) is 21.4. The number of nitrogens with one attached hydrogen (secondary N) is 1. The number of aliphatic imine (C=N–C) groups is 1. The molecule has 2 aromatic heterocycles. The SMILES string of the molecule is CN(c1cccc2cc(C3=NCC(CN4CCOCC4)S3)[nH]c12)S(=O)(=O)c1cccs1. The highest BCUT2D eigenvalue weighted by molar-refractivity contribution is 8.15. The van der Waals surface area contributed by atoms with Gasteiger partial charge in [-0.1, -0.05) is 30.0 Å². The highest BCUT2D eigenvalue weighted by Gasteiger charge is 2.27. The van der Waals surface area contributed by atoms with Gasteiger partial charge in [0.1, 0.15) is 9.25 Å². The number of nitrogens with zero attached hydrogens (tertiary/aromatic N) is 3. The Kier molecular flexibility index (Phi) is 5.82. The molecule has 1 saturated heterocycles. The second-order valence-corrected chi connectivity index (χ2v) is 12.1. The average Bonchev–Trinajstić information content (AvgIpc) is 3.53. The van der Waals surface area contributed by atoms with Crippen molar-refractivity contribution in [3.05, 3.63) is 47.5 Å². The van der Waals surface area contributed by atoms with Crippen LogP contribution in [0, 0.1) is 0 Å². The molecule has 2 aliphatic rings. The van der Waals surface area contributed by atoms with Gasteiger partial charge in [0.05, 0.1) is 36.7 Å². The van der Waals surface area contributed by atoms with Crippen molar-refractivity contribution in [3.8, 4) is 0 Å². The Morgan fingerprint density at radius 1 is 1.26 bits per heavy atom. The summed E-state index contributed by atoms with van der Waals surface area (Å²) in [5.74, 6) is 0. The lowest BCUT2D eigenvalue weighted by atomic mass is 10.2. The molecule has 0 saturated carbocycles. The fourth-order valence-corrected chi connectivity index (χ4v) is 7.43. The monoisotopic (exact) mass is 476 g/mol. The molecule has 0 amide bonds. The fraction of sp³-hybridized carbons (Fsp3) is 0.381. The maximum absolute atomic E-state index is 13.0. The number of benzene rings is 1. The van der Waals surface area contributed by atoms with Crippen LogP contribution in [0.1, 0.15) is 5.69 Å². The number of fused-ring (bicyclic) bond motifs is 1. The number of morpholine rings is 1. The van der Waals surface area contributed by atoms with Gasteiger partial charge in [-0.3, -0.25) is 14.2 Å². The van der Waals surface area contributed by atoms with E-state index in [4.69, 9.17) is 9.73 Å². The van der Waals surface area contributed by atoms with E-state index >= 15 is 0 Å². The molecular formula is C21H24N4O3S3. The molecule has 3 aromatic rings. The molecule has 164 valence electrons. The van der Waals surface area contributed by atoms with Gasteiger partial charge in [0, 0.05) is 37.3 Å². The molecule has 5 rings (SSSR count). The number of rotatable bonds is 6. The van der Waals surface area contributed by atoms with Gasteiger partial charge in [0.15, 0.2) is 0 Å². The van der Waals surface area contributed by atoms with Gasteiger partial charge in [0.2, 0.25) is 0 Å². The first-order chi connectivity index (χ1) is 15.0. The molecule has 1 atom stereocenters. The number of hydrogen-bond acceptors (Lipinski definition) is 7. The average molecular weight is 477 g/mol. The van der Waals surface area contributed by atoms with Crippen LogP contribution in [0.4, 0.5) is 5.69 Å². The lowest BCUT2D eigenvalue weighted by Crippen LogP contribution is -2.40. The van der Waals surface area contributed by atoms with Crippen molar-refractivity contribution >= 4 is 54.8 Å². The van der Waals surface area contributed by atoms with Crippen molar-refractivity contribution in [3.63, 3.8) is 0 Å². The van der Waals surface area contributed by atoms with E-state index in [9.17, 15) is 8.42 Å². The summed E-state index contributed by atoms with van der Waals surface area (Å²) in [6.45, 7) is 5.37. The number of aromatic amines is 1. The molecule has 4 heterocycles. The highest BCUT2D eigenvalue weighted by Crippen LogP contribution is 2.33. The van der Waals surface area contributed by atoms with E-state index in [0.717, 1.165) is 61.0 Å². The second-order valence-electron chi connectivity index (χ2n) is 7.63. The molecule has 1 unspecified atom stereocenters. The summed E-state index contributed by atoms with van der Waals surface area (Å²) in [4.78, 5) is 10.7. The molecule has 7 nitrogen and oxygen atoms in total. The summed E-state index contributed by atoms with van der Waals surface area (Å²) in [5, 5.41) is 4.17. The van der Waals surface area contributed by atoms with Crippen LogP contribution in [0.25, 0.3) is 10.9 Å². The van der Waals surface area contributed by atoms with Gasteiger partial charge in [-0.2, -0.15) is 0 Å². The van der Waals surface area contributed by atoms with Crippen LogP contribution >= 0.6 is 23.1 Å². The normalized spacial score (nSPS) is 20.3. The Hall–Kier alpha value is -1.85. The number of thioether (sulfide) groups is 1. The maximum Gasteiger partial charge on any atom is 0.273 e. The van der Waals surface area contributed by atoms with E-state index < -0.39 is 10.0 Å². The van der Waals surface area contributed by atoms with Crippen LogP contribution in [0.5, 0.6) is 0 Å². The summed E-state index contributed by atoms with van der Waals surface area (Å²) in [6.07, 6.45) is 0. The predicted octanol–water partition coefficient (Wildman–Crippen LogP) is 3.25. The second kappa shape index (κ2) is 8.59. The molecule has 2 aliphatic heterocycles. The Bertz CT molecular complexity index is 1200. The van der Waals surface area contributed by atoms with Gasteiger partial charge >= 0.3 is 0 Å². The third-order valence-corrected chi connectivity index (χ3v) is 9.94. The minimum Gasteiger partial charge on any atom is -0.379 e. The third kappa shape index (κ3) is 4.14. The van der Waals surface area contributed by atoms with E-state index in [1.807, 2.05) is 18.2 Å². The summed E-state index contributed by atoms with van der Waals surface area (Å²) in [7, 11) is -1.99. The number of sulfonamides is 1. The van der Waals surface area contributed by atoms with Crippen molar-refractivity contribution in [2.75, 3.05) is 50.7 Å². The number of ether oxygens (including phenoxy) is 1. The molecule has 0 aliphatic carbocycles. The molecule has 0 radical (unpaired) electrons. The molecule has 0 spiro atoms. The van der Waals surface area contributed by atoms with Crippen molar-refractivity contribution in [2.45, 2.75) is 9.46 Å². The number of para-hydroxylation sites is 1. The number of anilines is 1. The maximum atomic E-state index is 13.0. The molecule has 10 heteroatoms. The zero-order valence-electron chi connectivity index (χ0n) is 17.2. The molecule has 31 heavy (non-hydrogen) atoms. The minimum absolute atomic E-state index is 0.334. The Morgan fingerprint density at radius 2 is 2.10 bits per heavy atom. The lowest BCUT2D eigenvalue weighted by molar-refractivity contribution is 0.0385. The Balaban J connectivity index is 1.38. The van der Waals surface area contributed by atoms with Crippen molar-refractivity contribution < 1.29 is 13.2 Å². The van der Waals surface area contributed by atoms with E-state index in [0.29, 0.717) is 15.1 Å². The topological polar surface area (TPSA) is 78.0 Å². The first-order valence-corrected chi connectivity index (χ1v) is 13.4. The summed E-state index contributed by atoms with van der Waals surface area (Å²) < 4.78 is 33.2. The van der Waals surface area contributed by atoms with Crippen LogP contribution < -0.4 is 4.31 Å². The van der Waals surface area contributed by atoms with Gasteiger partial charge in [-0.05, 0) is 23.6 Å². The van der Waals surface area contributed by atoms with Crippen LogP contribution in [0.2, 0.25) is 0 Å². The van der Waals surface area contributed by atoms with Crippen molar-refractivity contribution in [2.24, 2.45) is 4.99 Å². The summed E-state index contributed by atoms with van der Waals surface area (Å²) >= 11 is 3.02. The molecule has 1 N–H and O–H groups in total. The number of hydrogen-bond donors (Lipinski definition) is 1. The molecule has 1 fully saturated rings. The smallest absolute Gasteiger partial charge is 0.273 e. The number of thiophene rings is 1. The van der Waals surface area contributed by atoms with Gasteiger partial charge in [-0.25, -0.2) is 8.42 Å². The summed E-state index contributed by atoms with van der Waals surface area (Å²) in [6, 6.07) is 11.2. The number of H-pyrrole nitrogens is 1. The predicted molar refractivity (Wildman–Crippen MR) is 128 cm³/mol. The number of aromatic nitrogens is 1. The molecule has 0 bridgehead atoms. The zero-order valence-corrected chi connectivity index (χ0v) is 19.6. The van der Waals surface area contributed by atoms with E-state index in [-0.39, 0.29) is 0 Å². The Morgan fingerprint density at radius 3 is 2.87 bits per heavy atom. The largest absolute Gasteiger partial charge is 0.379 e. The van der Waals surface area contributed by atoms with Crippen LogP contribution in [0.3, 0.4) is 0 Å². The minimum atomic E-state index is -3.59. The standard InChI is InChI=1S/C21H24N4O3S3/c1-24(31(26,27)19-6-3-11-29-19)18-5-2-4-15-12-17(23-20(15)18)21-22-13-16(30-21)14-25-7-9-28-10-8-25/h2-6,11-12,16,23H,7-10,13-14H2,1H3. The quantitative estimate of drug-likeness (QED) is 0.591. The highest BCUT2D eigenvalue weighted by atomic mass is 32.2. The lowest BCUT2D eigenvalue weighted by Gasteiger charge is -2.28. The van der Waals surface area contributed by atoms with Crippen LogP contribution in [-0.4, -0.2) is 75.0 Å². The van der Waals surface area contributed by atoms with Crippen molar-refractivity contribution in [1.29, 1.82) is 0 Å². The van der Waals surface area contributed by atoms with E-state index in [1.54, 1.807) is 36.3 Å². The van der Waals surface area contributed by atoms with Crippen LogP contribution in [-0.2, 0) is 14.8 Å². The molecular weight excluding hydrogens is 452 g/mol. The first kappa shape index (κ1) is 21.0. The third-order valence-electron chi connectivity index (χ3n) is 5.60. The van der Waals surface area contributed by atoms with Crippen molar-refractivity contribution in [1.82, 2.24) is 9.88 Å². The fourth-order valence-electron chi connectivity index (χ4n) is 3.93. The Labute approximate surface area is 190 Å². The first-order valence-electron chi connectivity index (χ1n) is 10.2. The van der Waals surface area contributed by atoms with Crippen LogP contribution in [0.15, 0.2) is 51.0 Å².